The predicted molar refractivity (Wildman–Crippen MR) is 76.4 cm³/mol. The molecule has 0 saturated carbocycles. The van der Waals surface area contributed by atoms with Gasteiger partial charge >= 0.3 is 5.97 Å². The number of carboxylic acid groups (broad SMARTS) is 1. The van der Waals surface area contributed by atoms with Crippen molar-refractivity contribution in [1.29, 1.82) is 0 Å². The van der Waals surface area contributed by atoms with Gasteiger partial charge in [-0.25, -0.2) is 0 Å². The second-order valence-corrected chi connectivity index (χ2v) is 5.36. The van der Waals surface area contributed by atoms with E-state index in [9.17, 15) is 9.59 Å². The first-order chi connectivity index (χ1) is 9.63. The van der Waals surface area contributed by atoms with Gasteiger partial charge in [0.05, 0.1) is 11.8 Å². The summed E-state index contributed by atoms with van der Waals surface area (Å²) in [6.45, 7) is 2.97. The zero-order valence-electron chi connectivity index (χ0n) is 11.8. The fourth-order valence-corrected chi connectivity index (χ4v) is 2.79. The summed E-state index contributed by atoms with van der Waals surface area (Å²) in [5, 5.41) is 9.03. The molecule has 4 nitrogen and oxygen atoms in total. The Morgan fingerprint density at radius 1 is 1.35 bits per heavy atom. The highest BCUT2D eigenvalue weighted by molar-refractivity contribution is 5.85. The van der Waals surface area contributed by atoms with Gasteiger partial charge in [0, 0.05) is 13.1 Å². The lowest BCUT2D eigenvalue weighted by atomic mass is 9.93. The molecule has 0 aliphatic carbocycles. The first kappa shape index (κ1) is 14.6. The van der Waals surface area contributed by atoms with Crippen molar-refractivity contribution in [2.45, 2.75) is 32.1 Å². The number of carbonyl (C=O) groups excluding carboxylic acids is 1. The Labute approximate surface area is 119 Å². The zero-order valence-corrected chi connectivity index (χ0v) is 11.8. The summed E-state index contributed by atoms with van der Waals surface area (Å²) in [5.41, 5.74) is 1.03. The monoisotopic (exact) mass is 275 g/mol. The molecule has 1 aromatic carbocycles. The van der Waals surface area contributed by atoms with Gasteiger partial charge in [0.25, 0.3) is 0 Å². The molecule has 1 saturated heterocycles. The summed E-state index contributed by atoms with van der Waals surface area (Å²) >= 11 is 0. The summed E-state index contributed by atoms with van der Waals surface area (Å²) in [6.07, 6.45) is 2.30. The predicted octanol–water partition coefficient (Wildman–Crippen LogP) is 2.50. The van der Waals surface area contributed by atoms with Crippen molar-refractivity contribution >= 4 is 11.9 Å². The van der Waals surface area contributed by atoms with Crippen LogP contribution in [0.5, 0.6) is 0 Å². The molecule has 0 bridgehead atoms. The number of carbonyl (C=O) groups is 2. The van der Waals surface area contributed by atoms with Crippen LogP contribution in [0.3, 0.4) is 0 Å². The molecule has 1 aliphatic rings. The molecule has 0 radical (unpaired) electrons. The molecule has 0 aromatic heterocycles. The molecule has 2 atom stereocenters. The molecule has 2 rings (SSSR count). The Balaban J connectivity index is 2.10. The lowest BCUT2D eigenvalue weighted by Crippen LogP contribution is -2.34. The van der Waals surface area contributed by atoms with Crippen molar-refractivity contribution in [2.24, 2.45) is 5.92 Å². The zero-order chi connectivity index (χ0) is 14.5. The van der Waals surface area contributed by atoms with E-state index in [1.54, 1.807) is 4.90 Å². The van der Waals surface area contributed by atoms with E-state index < -0.39 is 11.9 Å². The number of rotatable bonds is 5. The smallest absolute Gasteiger partial charge is 0.308 e. The minimum absolute atomic E-state index is 0.0711. The van der Waals surface area contributed by atoms with Gasteiger partial charge in [-0.1, -0.05) is 43.7 Å². The van der Waals surface area contributed by atoms with Gasteiger partial charge in [-0.3, -0.25) is 9.59 Å². The van der Waals surface area contributed by atoms with Crippen LogP contribution in [0, 0.1) is 5.92 Å². The summed E-state index contributed by atoms with van der Waals surface area (Å²) < 4.78 is 0. The summed E-state index contributed by atoms with van der Waals surface area (Å²) in [7, 11) is 0. The molecule has 4 heteroatoms. The maximum atomic E-state index is 12.6. The van der Waals surface area contributed by atoms with Gasteiger partial charge in [0.15, 0.2) is 0 Å². The van der Waals surface area contributed by atoms with Crippen molar-refractivity contribution in [1.82, 2.24) is 4.90 Å². The summed E-state index contributed by atoms with van der Waals surface area (Å²) in [4.78, 5) is 25.3. The highest BCUT2D eigenvalue weighted by Crippen LogP contribution is 2.27. The number of amides is 1. The molecule has 1 aliphatic heterocycles. The van der Waals surface area contributed by atoms with Crippen LogP contribution in [0.4, 0.5) is 0 Å². The van der Waals surface area contributed by atoms with Gasteiger partial charge in [0.2, 0.25) is 5.91 Å². The Morgan fingerprint density at radius 2 is 2.05 bits per heavy atom. The Kier molecular flexibility index (Phi) is 4.77. The first-order valence-electron chi connectivity index (χ1n) is 7.20. The van der Waals surface area contributed by atoms with Gasteiger partial charge in [0.1, 0.15) is 0 Å². The second kappa shape index (κ2) is 6.55. The van der Waals surface area contributed by atoms with Crippen LogP contribution in [-0.4, -0.2) is 35.0 Å². The Hall–Kier alpha value is -1.84. The standard InChI is InChI=1S/C16H21NO3/c1-2-6-14(12-7-4-3-5-8-12)15(18)17-10-9-13(11-17)16(19)20/h3-5,7-8,13-14H,2,6,9-11H2,1H3,(H,19,20). The summed E-state index contributed by atoms with van der Waals surface area (Å²) in [5.74, 6) is -1.28. The number of hydrogen-bond donors (Lipinski definition) is 1. The third kappa shape index (κ3) is 3.18. The van der Waals surface area contributed by atoms with Gasteiger partial charge in [-0.05, 0) is 18.4 Å². The van der Waals surface area contributed by atoms with Crippen LogP contribution in [-0.2, 0) is 9.59 Å². The van der Waals surface area contributed by atoms with E-state index in [-0.39, 0.29) is 11.8 Å². The van der Waals surface area contributed by atoms with Crippen molar-refractivity contribution in [2.75, 3.05) is 13.1 Å². The molecule has 1 N–H and O–H groups in total. The third-order valence-corrected chi connectivity index (χ3v) is 3.93. The van der Waals surface area contributed by atoms with Crippen LogP contribution < -0.4 is 0 Å². The van der Waals surface area contributed by atoms with Crippen LogP contribution in [0.25, 0.3) is 0 Å². The number of benzene rings is 1. The molecule has 1 heterocycles. The molecule has 2 unspecified atom stereocenters. The van der Waals surface area contributed by atoms with Gasteiger partial charge in [-0.2, -0.15) is 0 Å². The topological polar surface area (TPSA) is 57.6 Å². The van der Waals surface area contributed by atoms with Crippen LogP contribution in [0.15, 0.2) is 30.3 Å². The average Bonchev–Trinajstić information content (AvgIpc) is 2.95. The molecular formula is C16H21NO3. The Morgan fingerprint density at radius 3 is 2.60 bits per heavy atom. The minimum Gasteiger partial charge on any atom is -0.481 e. The second-order valence-electron chi connectivity index (χ2n) is 5.36. The Bertz CT molecular complexity index is 472. The molecule has 108 valence electrons. The van der Waals surface area contributed by atoms with E-state index in [2.05, 4.69) is 6.92 Å². The van der Waals surface area contributed by atoms with E-state index in [0.29, 0.717) is 19.5 Å². The molecule has 0 spiro atoms. The normalized spacial score (nSPS) is 19.9. The van der Waals surface area contributed by atoms with Crippen molar-refractivity contribution in [3.63, 3.8) is 0 Å². The minimum atomic E-state index is -0.799. The summed E-state index contributed by atoms with van der Waals surface area (Å²) in [6, 6.07) is 9.77. The molecular weight excluding hydrogens is 254 g/mol. The highest BCUT2D eigenvalue weighted by atomic mass is 16.4. The van der Waals surface area contributed by atoms with E-state index >= 15 is 0 Å². The lowest BCUT2D eigenvalue weighted by molar-refractivity contribution is -0.141. The van der Waals surface area contributed by atoms with E-state index in [4.69, 9.17) is 5.11 Å². The van der Waals surface area contributed by atoms with Crippen LogP contribution in [0.2, 0.25) is 0 Å². The quantitative estimate of drug-likeness (QED) is 0.898. The van der Waals surface area contributed by atoms with E-state index in [0.717, 1.165) is 18.4 Å². The number of likely N-dealkylation sites (tertiary alicyclic amines) is 1. The largest absolute Gasteiger partial charge is 0.481 e. The lowest BCUT2D eigenvalue weighted by Gasteiger charge is -2.23. The maximum Gasteiger partial charge on any atom is 0.308 e. The first-order valence-corrected chi connectivity index (χ1v) is 7.20. The number of aliphatic carboxylic acids is 1. The van der Waals surface area contributed by atoms with E-state index in [1.165, 1.54) is 0 Å². The third-order valence-electron chi connectivity index (χ3n) is 3.93. The molecule has 1 aromatic rings. The molecule has 20 heavy (non-hydrogen) atoms. The van der Waals surface area contributed by atoms with Crippen molar-refractivity contribution in [3.8, 4) is 0 Å². The number of carboxylic acids is 1. The molecule has 1 fully saturated rings. The van der Waals surface area contributed by atoms with Gasteiger partial charge < -0.3 is 10.0 Å². The maximum absolute atomic E-state index is 12.6. The number of nitrogens with zero attached hydrogens (tertiary/aromatic N) is 1. The van der Waals surface area contributed by atoms with E-state index in [1.807, 2.05) is 30.3 Å². The SMILES string of the molecule is CCCC(C(=O)N1CCC(C(=O)O)C1)c1ccccc1. The molecule has 1 amide bonds. The van der Waals surface area contributed by atoms with Crippen molar-refractivity contribution < 1.29 is 14.7 Å². The number of hydrogen-bond acceptors (Lipinski definition) is 2. The fraction of sp³-hybridized carbons (Fsp3) is 0.500. The fourth-order valence-electron chi connectivity index (χ4n) is 2.79. The van der Waals surface area contributed by atoms with Gasteiger partial charge in [-0.15, -0.1) is 0 Å². The van der Waals surface area contributed by atoms with Crippen molar-refractivity contribution in [3.05, 3.63) is 35.9 Å². The van der Waals surface area contributed by atoms with Crippen LogP contribution in [0.1, 0.15) is 37.7 Å². The van der Waals surface area contributed by atoms with Crippen LogP contribution >= 0.6 is 0 Å². The average molecular weight is 275 g/mol. The highest BCUT2D eigenvalue weighted by Gasteiger charge is 2.34.